The number of amides is 2. The van der Waals surface area contributed by atoms with Crippen molar-refractivity contribution in [2.24, 2.45) is 0 Å². The van der Waals surface area contributed by atoms with Crippen molar-refractivity contribution in [1.29, 1.82) is 0 Å². The first-order chi connectivity index (χ1) is 10.0. The Morgan fingerprint density at radius 2 is 2.10 bits per heavy atom. The van der Waals surface area contributed by atoms with Gasteiger partial charge in [0.25, 0.3) is 5.91 Å². The van der Waals surface area contributed by atoms with E-state index in [4.69, 9.17) is 23.2 Å². The number of hydrogen-bond donors (Lipinski definition) is 2. The lowest BCUT2D eigenvalue weighted by Gasteiger charge is -2.17. The fourth-order valence-corrected chi connectivity index (χ4v) is 4.10. The summed E-state index contributed by atoms with van der Waals surface area (Å²) in [5.41, 5.74) is 1.62. The summed E-state index contributed by atoms with van der Waals surface area (Å²) in [4.78, 5) is 24.5. The van der Waals surface area contributed by atoms with Gasteiger partial charge in [-0.3, -0.25) is 9.59 Å². The minimum absolute atomic E-state index is 0.0522. The lowest BCUT2D eigenvalue weighted by atomic mass is 10.2. The van der Waals surface area contributed by atoms with Crippen LogP contribution in [0.2, 0.25) is 8.67 Å². The highest BCUT2D eigenvalue weighted by Gasteiger charge is 2.18. The van der Waals surface area contributed by atoms with Gasteiger partial charge in [0.05, 0.1) is 21.3 Å². The van der Waals surface area contributed by atoms with E-state index < -0.39 is 0 Å². The van der Waals surface area contributed by atoms with E-state index in [2.05, 4.69) is 10.6 Å². The van der Waals surface area contributed by atoms with Crippen LogP contribution in [0.25, 0.3) is 0 Å². The third kappa shape index (κ3) is 3.18. The molecule has 8 heteroatoms. The van der Waals surface area contributed by atoms with Crippen LogP contribution in [0, 0.1) is 0 Å². The predicted molar refractivity (Wildman–Crippen MR) is 88.1 cm³/mol. The molecule has 0 radical (unpaired) electrons. The zero-order valence-corrected chi connectivity index (χ0v) is 13.6. The summed E-state index contributed by atoms with van der Waals surface area (Å²) in [6, 6.07) is 6.89. The van der Waals surface area contributed by atoms with Crippen LogP contribution in [-0.2, 0) is 4.79 Å². The van der Waals surface area contributed by atoms with Crippen LogP contribution >= 0.6 is 46.3 Å². The van der Waals surface area contributed by atoms with Crippen LogP contribution in [0.4, 0.5) is 11.4 Å². The van der Waals surface area contributed by atoms with Crippen LogP contribution in [-0.4, -0.2) is 17.6 Å². The molecule has 0 fully saturated rings. The molecule has 0 saturated carbocycles. The molecule has 2 N–H and O–H groups in total. The molecule has 21 heavy (non-hydrogen) atoms. The first-order valence-corrected chi connectivity index (χ1v) is 8.41. The van der Waals surface area contributed by atoms with Crippen molar-refractivity contribution in [3.8, 4) is 0 Å². The predicted octanol–water partition coefficient (Wildman–Crippen LogP) is 4.35. The lowest BCUT2D eigenvalue weighted by Crippen LogP contribution is -2.19. The van der Waals surface area contributed by atoms with Gasteiger partial charge in [0, 0.05) is 10.6 Å². The van der Waals surface area contributed by atoms with Crippen molar-refractivity contribution in [3.05, 3.63) is 38.5 Å². The Morgan fingerprint density at radius 1 is 1.29 bits per heavy atom. The van der Waals surface area contributed by atoms with Gasteiger partial charge in [-0.1, -0.05) is 23.2 Å². The molecule has 1 aliphatic rings. The monoisotopic (exact) mass is 358 g/mol. The van der Waals surface area contributed by atoms with Crippen molar-refractivity contribution in [2.45, 2.75) is 4.90 Å². The molecule has 2 heterocycles. The van der Waals surface area contributed by atoms with Crippen molar-refractivity contribution in [2.75, 3.05) is 16.4 Å². The van der Waals surface area contributed by atoms with E-state index >= 15 is 0 Å². The molecule has 1 aliphatic heterocycles. The summed E-state index contributed by atoms with van der Waals surface area (Å²) in [6.07, 6.45) is 0. The van der Waals surface area contributed by atoms with Crippen molar-refractivity contribution >= 4 is 69.5 Å². The first kappa shape index (κ1) is 14.7. The molecule has 108 valence electrons. The van der Waals surface area contributed by atoms with Gasteiger partial charge in [0.2, 0.25) is 5.91 Å². The highest BCUT2D eigenvalue weighted by Crippen LogP contribution is 2.34. The average molecular weight is 359 g/mol. The zero-order chi connectivity index (χ0) is 15.0. The number of nitrogens with one attached hydrogen (secondary N) is 2. The summed E-state index contributed by atoms with van der Waals surface area (Å²) in [6.45, 7) is 0. The van der Waals surface area contributed by atoms with Gasteiger partial charge in [0.1, 0.15) is 4.34 Å². The van der Waals surface area contributed by atoms with E-state index in [9.17, 15) is 9.59 Å². The summed E-state index contributed by atoms with van der Waals surface area (Å²) < 4.78 is 0.804. The smallest absolute Gasteiger partial charge is 0.258 e. The number of fused-ring (bicyclic) bond motifs is 1. The number of carbonyl (C=O) groups excluding carboxylic acids is 2. The normalized spacial score (nSPS) is 13.5. The van der Waals surface area contributed by atoms with Gasteiger partial charge < -0.3 is 10.6 Å². The lowest BCUT2D eigenvalue weighted by molar-refractivity contribution is -0.113. The molecule has 0 saturated heterocycles. The molecule has 0 spiro atoms. The standard InChI is InChI=1S/C13H8Cl2N2O2S2/c14-10-4-7(12(15)21-10)13(19)16-6-1-2-9-8(3-6)17-11(18)5-20-9/h1-4H,5H2,(H,16,19)(H,17,18). The molecule has 0 atom stereocenters. The number of thiophene rings is 1. The Hall–Kier alpha value is -1.21. The second-order valence-corrected chi connectivity index (χ2v) is 7.54. The number of halogens is 2. The summed E-state index contributed by atoms with van der Waals surface area (Å²) in [5.74, 6) is 0.0170. The number of hydrogen-bond acceptors (Lipinski definition) is 4. The minimum Gasteiger partial charge on any atom is -0.324 e. The molecule has 3 rings (SSSR count). The first-order valence-electron chi connectivity index (χ1n) is 5.86. The molecule has 2 aromatic rings. The van der Waals surface area contributed by atoms with E-state index in [1.165, 1.54) is 17.8 Å². The fourth-order valence-electron chi connectivity index (χ4n) is 1.85. The zero-order valence-electron chi connectivity index (χ0n) is 10.4. The molecular weight excluding hydrogens is 351 g/mol. The largest absolute Gasteiger partial charge is 0.324 e. The van der Waals surface area contributed by atoms with E-state index in [-0.39, 0.29) is 11.8 Å². The summed E-state index contributed by atoms with van der Waals surface area (Å²) in [7, 11) is 0. The van der Waals surface area contributed by atoms with Gasteiger partial charge in [-0.05, 0) is 24.3 Å². The van der Waals surface area contributed by atoms with Crippen LogP contribution in [0.3, 0.4) is 0 Å². The number of benzene rings is 1. The third-order valence-electron chi connectivity index (χ3n) is 2.77. The van der Waals surface area contributed by atoms with Crippen LogP contribution in [0.1, 0.15) is 10.4 Å². The SMILES string of the molecule is O=C1CSc2ccc(NC(=O)c3cc(Cl)sc3Cl)cc2N1. The van der Waals surface area contributed by atoms with E-state index in [1.54, 1.807) is 12.1 Å². The number of rotatable bonds is 2. The van der Waals surface area contributed by atoms with Crippen LogP contribution in [0.15, 0.2) is 29.2 Å². The second-order valence-electron chi connectivity index (χ2n) is 4.24. The quantitative estimate of drug-likeness (QED) is 0.838. The van der Waals surface area contributed by atoms with Crippen LogP contribution in [0.5, 0.6) is 0 Å². The maximum atomic E-state index is 12.1. The molecule has 0 unspecified atom stereocenters. The molecule has 1 aromatic carbocycles. The molecule has 2 amide bonds. The minimum atomic E-state index is -0.335. The number of anilines is 2. The Morgan fingerprint density at radius 3 is 2.81 bits per heavy atom. The van der Waals surface area contributed by atoms with E-state index in [0.29, 0.717) is 31.4 Å². The van der Waals surface area contributed by atoms with E-state index in [1.807, 2.05) is 6.07 Å². The highest BCUT2D eigenvalue weighted by molar-refractivity contribution is 8.00. The van der Waals surface area contributed by atoms with Gasteiger partial charge in [-0.2, -0.15) is 0 Å². The number of thioether (sulfide) groups is 1. The highest BCUT2D eigenvalue weighted by atomic mass is 35.5. The van der Waals surface area contributed by atoms with Crippen LogP contribution < -0.4 is 10.6 Å². The summed E-state index contributed by atoms with van der Waals surface area (Å²) >= 11 is 14.4. The summed E-state index contributed by atoms with van der Waals surface area (Å²) in [5, 5.41) is 5.51. The molecule has 1 aromatic heterocycles. The fraction of sp³-hybridized carbons (Fsp3) is 0.0769. The molecular formula is C13H8Cl2N2O2S2. The average Bonchev–Trinajstić information content (AvgIpc) is 2.77. The Bertz CT molecular complexity index is 746. The van der Waals surface area contributed by atoms with Gasteiger partial charge in [-0.15, -0.1) is 23.1 Å². The maximum absolute atomic E-state index is 12.1. The van der Waals surface area contributed by atoms with Gasteiger partial charge in [-0.25, -0.2) is 0 Å². The maximum Gasteiger partial charge on any atom is 0.258 e. The molecule has 4 nitrogen and oxygen atoms in total. The van der Waals surface area contributed by atoms with Crippen molar-refractivity contribution < 1.29 is 9.59 Å². The Labute approximate surface area is 138 Å². The topological polar surface area (TPSA) is 58.2 Å². The molecule has 0 aliphatic carbocycles. The van der Waals surface area contributed by atoms with E-state index in [0.717, 1.165) is 16.2 Å². The van der Waals surface area contributed by atoms with Crippen molar-refractivity contribution in [1.82, 2.24) is 0 Å². The number of carbonyl (C=O) groups is 2. The molecule has 0 bridgehead atoms. The second kappa shape index (κ2) is 5.88. The Balaban J connectivity index is 1.82. The van der Waals surface area contributed by atoms with Gasteiger partial charge in [0.15, 0.2) is 0 Å². The third-order valence-corrected chi connectivity index (χ3v) is 5.33. The van der Waals surface area contributed by atoms with Gasteiger partial charge >= 0.3 is 0 Å². The van der Waals surface area contributed by atoms with Crippen molar-refractivity contribution in [3.63, 3.8) is 0 Å². The Kier molecular flexibility index (Phi) is 4.12.